The molecule has 2 aliphatic rings. The van der Waals surface area contributed by atoms with Gasteiger partial charge in [0.1, 0.15) is 0 Å². The summed E-state index contributed by atoms with van der Waals surface area (Å²) in [4.78, 5) is 13.7. The number of methoxy groups -OCH3 is 1. The smallest absolute Gasteiger partial charge is 0.409 e. The van der Waals surface area contributed by atoms with Crippen LogP contribution in [0, 0.1) is 0 Å². The average molecular weight is 397 g/mol. The van der Waals surface area contributed by atoms with E-state index in [1.54, 1.807) is 4.90 Å². The highest BCUT2D eigenvalue weighted by Crippen LogP contribution is 2.38. The number of carbonyl (C=O) groups is 1. The van der Waals surface area contributed by atoms with Crippen molar-refractivity contribution in [3.8, 4) is 0 Å². The Hall–Kier alpha value is -1.64. The summed E-state index contributed by atoms with van der Waals surface area (Å²) in [6.45, 7) is 0.842. The summed E-state index contributed by atoms with van der Waals surface area (Å²) in [5, 5.41) is 0. The van der Waals surface area contributed by atoms with Crippen LogP contribution in [-0.2, 0) is 19.5 Å². The lowest BCUT2D eigenvalue weighted by Crippen LogP contribution is -2.59. The molecule has 0 unspecified atom stereocenters. The van der Waals surface area contributed by atoms with Crippen LogP contribution in [0.3, 0.4) is 0 Å². The van der Waals surface area contributed by atoms with Crippen LogP contribution < -0.4 is 4.72 Å². The van der Waals surface area contributed by atoms with Crippen LogP contribution in [0.5, 0.6) is 0 Å². The minimum Gasteiger partial charge on any atom is -0.453 e. The highest BCUT2D eigenvalue weighted by molar-refractivity contribution is 7.88. The van der Waals surface area contributed by atoms with Gasteiger partial charge in [0.05, 0.1) is 32.1 Å². The van der Waals surface area contributed by atoms with Crippen LogP contribution in [-0.4, -0.2) is 64.1 Å². The van der Waals surface area contributed by atoms with Crippen molar-refractivity contribution in [1.82, 2.24) is 9.62 Å². The number of hydrogen-bond acceptors (Lipinski definition) is 5. The number of benzene rings is 1. The largest absolute Gasteiger partial charge is 0.453 e. The molecule has 1 aliphatic heterocycles. The summed E-state index contributed by atoms with van der Waals surface area (Å²) in [7, 11) is -2.03. The van der Waals surface area contributed by atoms with Gasteiger partial charge in [0.2, 0.25) is 10.0 Å². The molecular weight excluding hydrogens is 368 g/mol. The van der Waals surface area contributed by atoms with Gasteiger partial charge in [0.15, 0.2) is 0 Å². The Morgan fingerprint density at radius 3 is 2.59 bits per heavy atom. The number of nitrogens with zero attached hydrogens (tertiary/aromatic N) is 1. The fourth-order valence-corrected chi connectivity index (χ4v) is 4.78. The first-order valence-electron chi connectivity index (χ1n) is 9.36. The van der Waals surface area contributed by atoms with Gasteiger partial charge in [-0.3, -0.25) is 0 Å². The van der Waals surface area contributed by atoms with Gasteiger partial charge in [-0.25, -0.2) is 17.9 Å². The van der Waals surface area contributed by atoms with E-state index in [0.29, 0.717) is 25.5 Å². The number of piperidine rings is 1. The number of nitrogens with one attached hydrogen (secondary N) is 1. The van der Waals surface area contributed by atoms with E-state index in [4.69, 9.17) is 9.47 Å². The molecule has 2 fully saturated rings. The molecule has 27 heavy (non-hydrogen) atoms. The van der Waals surface area contributed by atoms with E-state index in [2.05, 4.69) is 16.9 Å². The van der Waals surface area contributed by atoms with Crippen molar-refractivity contribution < 1.29 is 22.7 Å². The Balaban J connectivity index is 1.59. The van der Waals surface area contributed by atoms with Gasteiger partial charge < -0.3 is 14.4 Å². The average Bonchev–Trinajstić information content (AvgIpc) is 2.60. The molecule has 1 N–H and O–H groups in total. The van der Waals surface area contributed by atoms with Gasteiger partial charge in [-0.2, -0.15) is 0 Å². The molecule has 1 aliphatic carbocycles. The Kier molecular flexibility index (Phi) is 6.39. The quantitative estimate of drug-likeness (QED) is 0.796. The molecule has 3 rings (SSSR count). The van der Waals surface area contributed by atoms with Crippen LogP contribution in [0.1, 0.15) is 37.2 Å². The van der Waals surface area contributed by atoms with E-state index in [9.17, 15) is 13.2 Å². The molecular formula is C19H28N2O5S. The lowest BCUT2D eigenvalue weighted by molar-refractivity contribution is -0.0471. The van der Waals surface area contributed by atoms with Crippen molar-refractivity contribution >= 4 is 16.1 Å². The molecule has 1 heterocycles. The third kappa shape index (κ3) is 5.21. The summed E-state index contributed by atoms with van der Waals surface area (Å²) in [6.07, 6.45) is 4.11. The zero-order valence-corrected chi connectivity index (χ0v) is 16.7. The highest BCUT2D eigenvalue weighted by atomic mass is 32.2. The van der Waals surface area contributed by atoms with Gasteiger partial charge in [-0.05, 0) is 37.2 Å². The SMILES string of the molecule is COC(=O)N1CCC[C@H](NS(C)(=O)=O)[C@@H]1CO[C@H]1C[C@@H](c2ccccc2)C1. The fraction of sp³-hybridized carbons (Fsp3) is 0.632. The van der Waals surface area contributed by atoms with Gasteiger partial charge in [0, 0.05) is 12.6 Å². The zero-order chi connectivity index (χ0) is 19.4. The van der Waals surface area contributed by atoms with Crippen LogP contribution in [0.4, 0.5) is 4.79 Å². The molecule has 1 saturated carbocycles. The number of sulfonamides is 1. The lowest BCUT2D eigenvalue weighted by atomic mass is 9.77. The summed E-state index contributed by atoms with van der Waals surface area (Å²) in [5.41, 5.74) is 1.32. The Bertz CT molecular complexity index is 734. The maximum atomic E-state index is 12.1. The third-order valence-electron chi connectivity index (χ3n) is 5.42. The molecule has 1 amide bonds. The summed E-state index contributed by atoms with van der Waals surface area (Å²) >= 11 is 0. The first-order valence-corrected chi connectivity index (χ1v) is 11.2. The first-order chi connectivity index (χ1) is 12.9. The first kappa shape index (κ1) is 20.1. The highest BCUT2D eigenvalue weighted by Gasteiger charge is 2.38. The number of rotatable bonds is 6. The van der Waals surface area contributed by atoms with E-state index in [1.165, 1.54) is 12.7 Å². The van der Waals surface area contributed by atoms with Gasteiger partial charge in [-0.15, -0.1) is 0 Å². The van der Waals surface area contributed by atoms with Crippen molar-refractivity contribution in [3.05, 3.63) is 35.9 Å². The second-order valence-electron chi connectivity index (χ2n) is 7.40. The number of amides is 1. The lowest BCUT2D eigenvalue weighted by Gasteiger charge is -2.42. The molecule has 1 aromatic rings. The molecule has 0 radical (unpaired) electrons. The van der Waals surface area contributed by atoms with E-state index >= 15 is 0 Å². The molecule has 0 bridgehead atoms. The third-order valence-corrected chi connectivity index (χ3v) is 6.15. The normalized spacial score (nSPS) is 28.4. The Morgan fingerprint density at radius 1 is 1.26 bits per heavy atom. The van der Waals surface area contributed by atoms with Crippen molar-refractivity contribution in [3.63, 3.8) is 0 Å². The molecule has 2 atom stereocenters. The number of likely N-dealkylation sites (tertiary alicyclic amines) is 1. The fourth-order valence-electron chi connectivity index (χ4n) is 3.95. The van der Waals surface area contributed by atoms with Gasteiger partial charge >= 0.3 is 6.09 Å². The van der Waals surface area contributed by atoms with Crippen LogP contribution in [0.15, 0.2) is 30.3 Å². The van der Waals surface area contributed by atoms with Gasteiger partial charge in [0.25, 0.3) is 0 Å². The number of carbonyl (C=O) groups excluding carboxylic acids is 1. The van der Waals surface area contributed by atoms with E-state index in [0.717, 1.165) is 25.5 Å². The second kappa shape index (κ2) is 8.58. The molecule has 7 nitrogen and oxygen atoms in total. The van der Waals surface area contributed by atoms with E-state index in [1.807, 2.05) is 18.2 Å². The minimum absolute atomic E-state index is 0.135. The van der Waals surface area contributed by atoms with Crippen molar-refractivity contribution in [1.29, 1.82) is 0 Å². The topological polar surface area (TPSA) is 84.9 Å². The van der Waals surface area contributed by atoms with Crippen LogP contribution in [0.2, 0.25) is 0 Å². The molecule has 0 spiro atoms. The zero-order valence-electron chi connectivity index (χ0n) is 15.8. The molecule has 8 heteroatoms. The van der Waals surface area contributed by atoms with Crippen molar-refractivity contribution in [2.45, 2.75) is 49.8 Å². The van der Waals surface area contributed by atoms with E-state index in [-0.39, 0.29) is 18.2 Å². The maximum Gasteiger partial charge on any atom is 0.409 e. The molecule has 1 saturated heterocycles. The monoisotopic (exact) mass is 396 g/mol. The van der Waals surface area contributed by atoms with Crippen molar-refractivity contribution in [2.75, 3.05) is 26.5 Å². The standard InChI is InChI=1S/C19H28N2O5S/c1-25-19(22)21-10-6-9-17(20-27(2,23)24)18(21)13-26-16-11-15(12-16)14-7-4-3-5-8-14/h3-5,7-8,15-18,20H,6,9-13H2,1-2H3/t15-,16+,17-,18-/m0/s1. The minimum atomic E-state index is -3.37. The molecule has 1 aromatic carbocycles. The number of ether oxygens (including phenoxy) is 2. The summed E-state index contributed by atoms with van der Waals surface area (Å²) in [5.74, 6) is 0.504. The molecule has 0 aromatic heterocycles. The predicted molar refractivity (Wildman–Crippen MR) is 102 cm³/mol. The Morgan fingerprint density at radius 2 is 1.96 bits per heavy atom. The van der Waals surface area contributed by atoms with Crippen LogP contribution >= 0.6 is 0 Å². The summed E-state index contributed by atoms with van der Waals surface area (Å²) < 4.78 is 37.0. The number of hydrogen-bond donors (Lipinski definition) is 1. The molecule has 150 valence electrons. The van der Waals surface area contributed by atoms with Crippen molar-refractivity contribution in [2.24, 2.45) is 0 Å². The van der Waals surface area contributed by atoms with Gasteiger partial charge in [-0.1, -0.05) is 30.3 Å². The van der Waals surface area contributed by atoms with Crippen LogP contribution in [0.25, 0.3) is 0 Å². The second-order valence-corrected chi connectivity index (χ2v) is 9.18. The van der Waals surface area contributed by atoms with E-state index < -0.39 is 16.1 Å². The maximum absolute atomic E-state index is 12.1. The predicted octanol–water partition coefficient (Wildman–Crippen LogP) is 2.10. The Labute approximate surface area is 161 Å². The summed E-state index contributed by atoms with van der Waals surface area (Å²) in [6, 6.07) is 9.63.